The molecule has 18 heavy (non-hydrogen) atoms. The van der Waals surface area contributed by atoms with Gasteiger partial charge in [0.25, 0.3) is 0 Å². The van der Waals surface area contributed by atoms with E-state index in [2.05, 4.69) is 63.0 Å². The van der Waals surface area contributed by atoms with Gasteiger partial charge in [0.15, 0.2) is 0 Å². The lowest BCUT2D eigenvalue weighted by molar-refractivity contribution is 0.149. The molecule has 0 aliphatic rings. The van der Waals surface area contributed by atoms with Crippen LogP contribution in [0, 0.1) is 11.3 Å². The van der Waals surface area contributed by atoms with Crippen molar-refractivity contribution in [2.24, 2.45) is 0 Å². The van der Waals surface area contributed by atoms with Gasteiger partial charge >= 0.3 is 0 Å². The molecular formula is C14H30N4. The smallest absolute Gasteiger partial charge is 0.116 e. The molecule has 1 N–H and O–H groups in total. The minimum atomic E-state index is -0.481. The molecule has 2 unspecified atom stereocenters. The Morgan fingerprint density at radius 2 is 1.83 bits per heavy atom. The van der Waals surface area contributed by atoms with Gasteiger partial charge in [-0.1, -0.05) is 6.92 Å². The molecule has 0 spiro atoms. The van der Waals surface area contributed by atoms with Crippen molar-refractivity contribution in [1.29, 1.82) is 5.26 Å². The molecule has 0 saturated carbocycles. The summed E-state index contributed by atoms with van der Waals surface area (Å²) >= 11 is 0. The molecule has 0 aliphatic carbocycles. The van der Waals surface area contributed by atoms with Gasteiger partial charge in [-0.25, -0.2) is 0 Å². The summed E-state index contributed by atoms with van der Waals surface area (Å²) in [5.41, 5.74) is -0.481. The molecule has 0 fully saturated rings. The third-order valence-electron chi connectivity index (χ3n) is 3.03. The first-order valence-corrected chi connectivity index (χ1v) is 6.81. The van der Waals surface area contributed by atoms with E-state index in [1.807, 2.05) is 6.92 Å². The predicted octanol–water partition coefficient (Wildman–Crippen LogP) is 1.54. The number of hydrogen-bond acceptors (Lipinski definition) is 4. The fraction of sp³-hybridized carbons (Fsp3) is 0.929. The maximum atomic E-state index is 9.39. The number of nitrogens with zero attached hydrogens (tertiary/aromatic N) is 3. The minimum absolute atomic E-state index is 0.317. The maximum Gasteiger partial charge on any atom is 0.116 e. The minimum Gasteiger partial charge on any atom is -0.308 e. The summed E-state index contributed by atoms with van der Waals surface area (Å²) in [6, 6.07) is 3.18. The molecule has 0 saturated heterocycles. The van der Waals surface area contributed by atoms with Crippen molar-refractivity contribution in [2.45, 2.75) is 52.2 Å². The van der Waals surface area contributed by atoms with E-state index in [0.29, 0.717) is 12.1 Å². The highest BCUT2D eigenvalue weighted by Crippen LogP contribution is 2.10. The topological polar surface area (TPSA) is 42.3 Å². The molecule has 0 aromatic rings. The third kappa shape index (κ3) is 6.34. The van der Waals surface area contributed by atoms with E-state index in [-0.39, 0.29) is 0 Å². The number of likely N-dealkylation sites (N-methyl/N-ethyl adjacent to an activating group) is 2. The Kier molecular flexibility index (Phi) is 7.46. The number of nitriles is 1. The van der Waals surface area contributed by atoms with E-state index < -0.39 is 5.54 Å². The van der Waals surface area contributed by atoms with Crippen molar-refractivity contribution < 1.29 is 0 Å². The van der Waals surface area contributed by atoms with E-state index in [1.165, 1.54) is 0 Å². The number of hydrogen-bond donors (Lipinski definition) is 1. The van der Waals surface area contributed by atoms with Gasteiger partial charge in [0, 0.05) is 25.2 Å². The molecule has 0 aromatic carbocycles. The van der Waals surface area contributed by atoms with Gasteiger partial charge < -0.3 is 4.90 Å². The summed E-state index contributed by atoms with van der Waals surface area (Å²) in [4.78, 5) is 4.55. The van der Waals surface area contributed by atoms with Gasteiger partial charge in [-0.15, -0.1) is 0 Å². The lowest BCUT2D eigenvalue weighted by atomic mass is 10.0. The van der Waals surface area contributed by atoms with Crippen molar-refractivity contribution in [3.05, 3.63) is 0 Å². The average Bonchev–Trinajstić information content (AvgIpc) is 2.24. The third-order valence-corrected chi connectivity index (χ3v) is 3.03. The lowest BCUT2D eigenvalue weighted by Crippen LogP contribution is -2.55. The Morgan fingerprint density at radius 1 is 1.28 bits per heavy atom. The summed E-state index contributed by atoms with van der Waals surface area (Å²) in [7, 11) is 4.17. The Balaban J connectivity index is 4.63. The lowest BCUT2D eigenvalue weighted by Gasteiger charge is -2.36. The first-order valence-electron chi connectivity index (χ1n) is 6.81. The van der Waals surface area contributed by atoms with Crippen molar-refractivity contribution in [2.75, 3.05) is 33.7 Å². The number of rotatable bonds is 8. The second kappa shape index (κ2) is 7.73. The van der Waals surface area contributed by atoms with Crippen LogP contribution in [0.4, 0.5) is 0 Å². The zero-order chi connectivity index (χ0) is 14.3. The summed E-state index contributed by atoms with van der Waals surface area (Å²) in [6.07, 6.45) is 0. The average molecular weight is 254 g/mol. The zero-order valence-electron chi connectivity index (χ0n) is 13.1. The fourth-order valence-corrected chi connectivity index (χ4v) is 2.38. The van der Waals surface area contributed by atoms with Gasteiger partial charge in [-0.2, -0.15) is 5.26 Å². The molecule has 0 radical (unpaired) electrons. The van der Waals surface area contributed by atoms with E-state index in [9.17, 15) is 5.26 Å². The van der Waals surface area contributed by atoms with Crippen LogP contribution in [0.5, 0.6) is 0 Å². The normalized spacial score (nSPS) is 16.9. The highest BCUT2D eigenvalue weighted by atomic mass is 15.2. The standard InChI is InChI=1S/C14H30N4/c1-8-18(13(4)9-17(6)7)11-14(5,10-15)16-12(2)3/h12-13,16H,8-9,11H2,1-7H3. The molecular weight excluding hydrogens is 224 g/mol. The first-order chi connectivity index (χ1) is 8.24. The predicted molar refractivity (Wildman–Crippen MR) is 77.6 cm³/mol. The van der Waals surface area contributed by atoms with Crippen molar-refractivity contribution >= 4 is 0 Å². The molecule has 0 heterocycles. The molecule has 0 aromatic heterocycles. The molecule has 0 rings (SSSR count). The molecule has 4 nitrogen and oxygen atoms in total. The van der Waals surface area contributed by atoms with Crippen molar-refractivity contribution in [1.82, 2.24) is 15.1 Å². The van der Waals surface area contributed by atoms with E-state index >= 15 is 0 Å². The van der Waals surface area contributed by atoms with Crippen molar-refractivity contribution in [3.63, 3.8) is 0 Å². The van der Waals surface area contributed by atoms with Crippen LogP contribution in [0.15, 0.2) is 0 Å². The summed E-state index contributed by atoms with van der Waals surface area (Å²) in [5.74, 6) is 0. The van der Waals surface area contributed by atoms with Gasteiger partial charge in [0.1, 0.15) is 5.54 Å². The van der Waals surface area contributed by atoms with Crippen LogP contribution in [0.2, 0.25) is 0 Å². The van der Waals surface area contributed by atoms with Crippen LogP contribution in [0.3, 0.4) is 0 Å². The van der Waals surface area contributed by atoms with Crippen LogP contribution in [0.25, 0.3) is 0 Å². The highest BCUT2D eigenvalue weighted by molar-refractivity contribution is 5.06. The van der Waals surface area contributed by atoms with E-state index in [4.69, 9.17) is 0 Å². The highest BCUT2D eigenvalue weighted by Gasteiger charge is 2.28. The SMILES string of the molecule is CCN(CC(C)(C#N)NC(C)C)C(C)CN(C)C. The quantitative estimate of drug-likeness (QED) is 0.713. The Morgan fingerprint density at radius 3 is 2.17 bits per heavy atom. The Bertz CT molecular complexity index is 269. The Hall–Kier alpha value is -0.630. The fourth-order valence-electron chi connectivity index (χ4n) is 2.38. The second-order valence-electron chi connectivity index (χ2n) is 5.92. The van der Waals surface area contributed by atoms with Crippen molar-refractivity contribution in [3.8, 4) is 6.07 Å². The number of nitrogens with one attached hydrogen (secondary N) is 1. The van der Waals surface area contributed by atoms with Gasteiger partial charge in [-0.3, -0.25) is 10.2 Å². The van der Waals surface area contributed by atoms with Crippen LogP contribution in [0.1, 0.15) is 34.6 Å². The molecule has 106 valence electrons. The maximum absolute atomic E-state index is 9.39. The van der Waals surface area contributed by atoms with E-state index in [1.54, 1.807) is 0 Å². The molecule has 2 atom stereocenters. The zero-order valence-corrected chi connectivity index (χ0v) is 13.1. The van der Waals surface area contributed by atoms with E-state index in [0.717, 1.165) is 19.6 Å². The summed E-state index contributed by atoms with van der Waals surface area (Å²) < 4.78 is 0. The first kappa shape index (κ1) is 17.4. The van der Waals surface area contributed by atoms with Crippen LogP contribution in [-0.2, 0) is 0 Å². The van der Waals surface area contributed by atoms with Gasteiger partial charge in [0.2, 0.25) is 0 Å². The van der Waals surface area contributed by atoms with Crippen LogP contribution >= 0.6 is 0 Å². The van der Waals surface area contributed by atoms with Crippen LogP contribution in [-0.4, -0.2) is 61.2 Å². The summed E-state index contributed by atoms with van der Waals surface area (Å²) in [6.45, 7) is 13.2. The summed E-state index contributed by atoms with van der Waals surface area (Å²) in [5, 5.41) is 12.8. The van der Waals surface area contributed by atoms with Gasteiger partial charge in [-0.05, 0) is 48.3 Å². The largest absolute Gasteiger partial charge is 0.308 e. The van der Waals surface area contributed by atoms with Gasteiger partial charge in [0.05, 0.1) is 6.07 Å². The van der Waals surface area contributed by atoms with Crippen LogP contribution < -0.4 is 5.32 Å². The Labute approximate surface area is 113 Å². The molecule has 0 aliphatic heterocycles. The monoisotopic (exact) mass is 254 g/mol. The molecule has 0 bridgehead atoms. The molecule has 0 amide bonds. The molecule has 4 heteroatoms. The second-order valence-corrected chi connectivity index (χ2v) is 5.92.